The van der Waals surface area contributed by atoms with Gasteiger partial charge in [-0.25, -0.2) is 4.79 Å². The lowest BCUT2D eigenvalue weighted by molar-refractivity contribution is -0.207. The number of hydrogen-bond acceptors (Lipinski definition) is 8. The predicted molar refractivity (Wildman–Crippen MR) is 139 cm³/mol. The molecule has 2 fully saturated rings. The van der Waals surface area contributed by atoms with E-state index in [4.69, 9.17) is 9.47 Å². The monoisotopic (exact) mass is 521 g/mol. The minimum Gasteiger partial charge on any atom is -0.454 e. The molecule has 4 aliphatic carbocycles. The number of anilines is 1. The third-order valence-corrected chi connectivity index (χ3v) is 9.75. The number of Topliss-reactive ketones (excluding diaryl/α,β-unsaturated/α-hetero) is 1. The molecule has 5 rings (SSSR count). The van der Waals surface area contributed by atoms with E-state index < -0.39 is 64.2 Å². The highest BCUT2D eigenvalue weighted by Gasteiger charge is 2.87. The summed E-state index contributed by atoms with van der Waals surface area (Å²) in [7, 11) is 1.71. The molecule has 0 spiro atoms. The van der Waals surface area contributed by atoms with Crippen molar-refractivity contribution in [3.63, 3.8) is 0 Å². The average Bonchev–Trinajstić information content (AvgIpc) is 3.27. The first kappa shape index (κ1) is 26.4. The van der Waals surface area contributed by atoms with Gasteiger partial charge in [0.05, 0.1) is 11.2 Å². The minimum absolute atomic E-state index is 0.0904. The number of esters is 2. The Morgan fingerprint density at radius 1 is 1.16 bits per heavy atom. The van der Waals surface area contributed by atoms with E-state index in [-0.39, 0.29) is 12.2 Å². The molecule has 2 saturated carbocycles. The first-order valence-corrected chi connectivity index (χ1v) is 13.1. The number of ether oxygens (including phenoxy) is 2. The van der Waals surface area contributed by atoms with Gasteiger partial charge in [0, 0.05) is 54.7 Å². The van der Waals surface area contributed by atoms with Crippen molar-refractivity contribution in [2.75, 3.05) is 12.4 Å². The second-order valence-corrected chi connectivity index (χ2v) is 11.8. The zero-order valence-electron chi connectivity index (χ0n) is 22.6. The molecule has 0 aliphatic heterocycles. The number of hydrogen-bond donors (Lipinski definition) is 2. The number of carbonyl (C=O) groups is 4. The summed E-state index contributed by atoms with van der Waals surface area (Å²) in [5.74, 6) is -4.17. The fraction of sp³-hybridized carbons (Fsp3) is 0.533. The fourth-order valence-electron chi connectivity index (χ4n) is 7.97. The van der Waals surface area contributed by atoms with Crippen molar-refractivity contribution < 1.29 is 33.8 Å². The largest absolute Gasteiger partial charge is 0.454 e. The van der Waals surface area contributed by atoms with E-state index in [1.165, 1.54) is 6.92 Å². The summed E-state index contributed by atoms with van der Waals surface area (Å²) >= 11 is 0. The number of benzene rings is 1. The predicted octanol–water partition coefficient (Wildman–Crippen LogP) is 3.50. The molecule has 0 bridgehead atoms. The van der Waals surface area contributed by atoms with E-state index in [1.807, 2.05) is 19.9 Å². The quantitative estimate of drug-likeness (QED) is 0.446. The Balaban J connectivity index is 1.68. The van der Waals surface area contributed by atoms with Crippen molar-refractivity contribution in [2.45, 2.75) is 58.3 Å². The number of carbonyl (C=O) groups excluding carboxylic acids is 4. The van der Waals surface area contributed by atoms with Gasteiger partial charge in [-0.15, -0.1) is 0 Å². The van der Waals surface area contributed by atoms with Gasteiger partial charge in [-0.1, -0.05) is 45.1 Å². The summed E-state index contributed by atoms with van der Waals surface area (Å²) in [5.41, 5.74) is -1.54. The lowest BCUT2D eigenvalue weighted by Gasteiger charge is -2.52. The fourth-order valence-corrected chi connectivity index (χ4v) is 7.97. The molecule has 0 amide bonds. The maximum atomic E-state index is 13.6. The summed E-state index contributed by atoms with van der Waals surface area (Å²) in [4.78, 5) is 51.3. The minimum atomic E-state index is -1.53. The summed E-state index contributed by atoms with van der Waals surface area (Å²) in [6, 6.07) is 6.94. The van der Waals surface area contributed by atoms with Gasteiger partial charge in [0.25, 0.3) is 0 Å². The Labute approximate surface area is 222 Å². The van der Waals surface area contributed by atoms with E-state index >= 15 is 0 Å². The van der Waals surface area contributed by atoms with Gasteiger partial charge in [-0.3, -0.25) is 14.4 Å². The zero-order chi connectivity index (χ0) is 27.8. The number of fused-ring (bicyclic) bond motifs is 5. The molecule has 0 radical (unpaired) electrons. The number of allylic oxidation sites excluding steroid dienone is 2. The SMILES string of the molecule is CNc1ccccc1C(=O)O[C@@H]1[C@@H](C)[C@@]2(O)[C@H](C=C(C=O)C[C@H]3C(=O)C(C)=C[C@H]32)[C@@H]2C(C)(C)[C@]12OC(C)=O. The van der Waals surface area contributed by atoms with Crippen LogP contribution in [0.2, 0.25) is 0 Å². The van der Waals surface area contributed by atoms with Gasteiger partial charge in [-0.05, 0) is 36.6 Å². The molecule has 1 aromatic carbocycles. The van der Waals surface area contributed by atoms with Gasteiger partial charge in [0.2, 0.25) is 0 Å². The molecule has 38 heavy (non-hydrogen) atoms. The number of para-hydroxylation sites is 1. The Kier molecular flexibility index (Phi) is 5.98. The standard InChI is InChI=1S/C30H35NO7/c1-15-11-21-20(24(15)34)12-18(14-32)13-22-25-28(4,5)30(25,38-17(3)33)26(16(2)29(21,22)36)37-27(35)19-9-7-8-10-23(19)31-6/h7-11,13-14,16,20-22,25-26,31,36H,12H2,1-6H3/t16-,20-,21-,22-,25-,26-,29+,30-/m1/s1. The molecular weight excluding hydrogens is 486 g/mol. The summed E-state index contributed by atoms with van der Waals surface area (Å²) in [6.45, 7) is 8.69. The average molecular weight is 522 g/mol. The topological polar surface area (TPSA) is 119 Å². The van der Waals surface area contributed by atoms with Gasteiger partial charge in [0.15, 0.2) is 11.4 Å². The molecule has 0 heterocycles. The number of ketones is 1. The molecule has 202 valence electrons. The van der Waals surface area contributed by atoms with Gasteiger partial charge < -0.3 is 19.9 Å². The highest BCUT2D eigenvalue weighted by atomic mass is 16.6. The van der Waals surface area contributed by atoms with Crippen LogP contribution >= 0.6 is 0 Å². The smallest absolute Gasteiger partial charge is 0.340 e. The van der Waals surface area contributed by atoms with Gasteiger partial charge >= 0.3 is 11.9 Å². The molecular formula is C30H35NO7. The Hall–Kier alpha value is -3.26. The van der Waals surface area contributed by atoms with Crippen LogP contribution in [0, 0.1) is 35.0 Å². The van der Waals surface area contributed by atoms with E-state index in [0.717, 1.165) is 6.29 Å². The van der Waals surface area contributed by atoms with Crippen LogP contribution in [-0.4, -0.2) is 53.5 Å². The van der Waals surface area contributed by atoms with Crippen LogP contribution in [0.15, 0.2) is 47.6 Å². The molecule has 8 atom stereocenters. The molecule has 0 saturated heterocycles. The van der Waals surface area contributed by atoms with Crippen LogP contribution < -0.4 is 5.32 Å². The van der Waals surface area contributed by atoms with Gasteiger partial charge in [-0.2, -0.15) is 0 Å². The Morgan fingerprint density at radius 2 is 1.84 bits per heavy atom. The normalized spacial score (nSPS) is 38.3. The van der Waals surface area contributed by atoms with Crippen molar-refractivity contribution in [2.24, 2.45) is 35.0 Å². The van der Waals surface area contributed by atoms with Gasteiger partial charge in [0.1, 0.15) is 12.4 Å². The molecule has 0 aromatic heterocycles. The number of nitrogens with one attached hydrogen (secondary N) is 1. The van der Waals surface area contributed by atoms with Crippen LogP contribution in [0.1, 0.15) is 51.4 Å². The van der Waals surface area contributed by atoms with Crippen LogP contribution in [0.5, 0.6) is 0 Å². The second-order valence-electron chi connectivity index (χ2n) is 11.8. The number of aldehydes is 1. The van der Waals surface area contributed by atoms with Crippen molar-refractivity contribution >= 4 is 29.7 Å². The Bertz CT molecular complexity index is 1300. The van der Waals surface area contributed by atoms with Crippen molar-refractivity contribution in [3.8, 4) is 0 Å². The summed E-state index contributed by atoms with van der Waals surface area (Å²) in [6.07, 6.45) is 3.55. The summed E-state index contributed by atoms with van der Waals surface area (Å²) < 4.78 is 12.3. The first-order valence-electron chi connectivity index (χ1n) is 13.1. The molecule has 0 unspecified atom stereocenters. The summed E-state index contributed by atoms with van der Waals surface area (Å²) in [5, 5.41) is 15.7. The molecule has 1 aromatic rings. The third kappa shape index (κ3) is 3.32. The third-order valence-electron chi connectivity index (χ3n) is 9.75. The maximum absolute atomic E-state index is 13.6. The second kappa shape index (κ2) is 8.63. The highest BCUT2D eigenvalue weighted by molar-refractivity contribution is 6.00. The van der Waals surface area contributed by atoms with E-state index in [0.29, 0.717) is 22.4 Å². The number of aliphatic hydroxyl groups is 1. The zero-order valence-corrected chi connectivity index (χ0v) is 22.6. The molecule has 8 heteroatoms. The van der Waals surface area contributed by atoms with Crippen LogP contribution in [0.4, 0.5) is 5.69 Å². The first-order chi connectivity index (χ1) is 17.9. The molecule has 4 aliphatic rings. The van der Waals surface area contributed by atoms with E-state index in [2.05, 4.69) is 5.32 Å². The van der Waals surface area contributed by atoms with Crippen molar-refractivity contribution in [1.82, 2.24) is 0 Å². The number of rotatable bonds is 5. The maximum Gasteiger partial charge on any atom is 0.340 e. The van der Waals surface area contributed by atoms with Crippen LogP contribution in [0.3, 0.4) is 0 Å². The van der Waals surface area contributed by atoms with Crippen LogP contribution in [0.25, 0.3) is 0 Å². The Morgan fingerprint density at radius 3 is 2.47 bits per heavy atom. The lowest BCUT2D eigenvalue weighted by atomic mass is 9.60. The van der Waals surface area contributed by atoms with Crippen LogP contribution in [-0.2, 0) is 23.9 Å². The van der Waals surface area contributed by atoms with E-state index in [1.54, 1.807) is 51.2 Å². The van der Waals surface area contributed by atoms with Crippen molar-refractivity contribution in [1.29, 1.82) is 0 Å². The lowest BCUT2D eigenvalue weighted by Crippen LogP contribution is -2.63. The molecule has 8 nitrogen and oxygen atoms in total. The van der Waals surface area contributed by atoms with E-state index in [9.17, 15) is 24.3 Å². The highest BCUT2D eigenvalue weighted by Crippen LogP contribution is 2.77. The van der Waals surface area contributed by atoms with Crippen molar-refractivity contribution in [3.05, 3.63) is 53.1 Å². The molecule has 2 N–H and O–H groups in total.